The van der Waals surface area contributed by atoms with Gasteiger partial charge in [-0.15, -0.1) is 0 Å². The summed E-state index contributed by atoms with van der Waals surface area (Å²) in [6.45, 7) is 6.47. The number of benzene rings is 3. The van der Waals surface area contributed by atoms with Gasteiger partial charge < -0.3 is 30.6 Å². The van der Waals surface area contributed by atoms with Crippen molar-refractivity contribution in [1.29, 1.82) is 0 Å². The van der Waals surface area contributed by atoms with Gasteiger partial charge in [0, 0.05) is 75.8 Å². The molecule has 4 saturated carbocycles. The van der Waals surface area contributed by atoms with Crippen LogP contribution >= 0.6 is 0 Å². The van der Waals surface area contributed by atoms with Gasteiger partial charge in [-0.3, -0.25) is 0 Å². The van der Waals surface area contributed by atoms with Gasteiger partial charge >= 0.3 is 5.97 Å². The van der Waals surface area contributed by atoms with Crippen molar-refractivity contribution < 1.29 is 9.53 Å². The van der Waals surface area contributed by atoms with Gasteiger partial charge in [-0.25, -0.2) is 9.78 Å². The highest BCUT2D eigenvalue weighted by Gasteiger charge is 2.46. The first kappa shape index (κ1) is 33.0. The molecule has 8 nitrogen and oxygen atoms in total. The van der Waals surface area contributed by atoms with Crippen molar-refractivity contribution in [2.75, 3.05) is 26.2 Å². The minimum absolute atomic E-state index is 0.182. The predicted octanol–water partition coefficient (Wildman–Crippen LogP) is 5.70. The Balaban J connectivity index is 0.674. The molecule has 266 valence electrons. The van der Waals surface area contributed by atoms with Crippen molar-refractivity contribution >= 4 is 5.97 Å². The molecule has 1 aliphatic heterocycles. The minimum Gasteiger partial charge on any atom is -0.456 e. The summed E-state index contributed by atoms with van der Waals surface area (Å²) in [7, 11) is 0. The summed E-state index contributed by atoms with van der Waals surface area (Å²) in [5.41, 5.74) is 6.65. The SMILES string of the molecule is O=C(OC1Cc2ncc(CNCC3(CN[C@H]4C[C@@H]4c4ccccc4)CC3)n2C1)c1ccc(CNCC2(CNC3C[C@@H]3c3ccccc3)CC2)cc1. The number of nitrogens with zero attached hydrogens (tertiary/aromatic N) is 2. The van der Waals surface area contributed by atoms with Gasteiger partial charge in [0.2, 0.25) is 0 Å². The van der Waals surface area contributed by atoms with Crippen molar-refractivity contribution in [3.8, 4) is 0 Å². The van der Waals surface area contributed by atoms with E-state index in [-0.39, 0.29) is 12.1 Å². The zero-order valence-corrected chi connectivity index (χ0v) is 29.7. The first-order valence-electron chi connectivity index (χ1n) is 19.4. The maximum Gasteiger partial charge on any atom is 0.338 e. The van der Waals surface area contributed by atoms with Gasteiger partial charge in [0.05, 0.1) is 17.8 Å². The Morgan fingerprint density at radius 1 is 0.725 bits per heavy atom. The number of nitrogens with one attached hydrogen (secondary N) is 4. The number of esters is 1. The maximum absolute atomic E-state index is 13.1. The Labute approximate surface area is 302 Å². The molecule has 4 aromatic rings. The summed E-state index contributed by atoms with van der Waals surface area (Å²) in [6, 6.07) is 30.9. The Hall–Kier alpha value is -3.82. The van der Waals surface area contributed by atoms with Crippen LogP contribution in [0.15, 0.2) is 91.1 Å². The van der Waals surface area contributed by atoms with Crippen molar-refractivity contribution in [3.05, 3.63) is 125 Å². The summed E-state index contributed by atoms with van der Waals surface area (Å²) >= 11 is 0. The van der Waals surface area contributed by atoms with E-state index in [9.17, 15) is 4.79 Å². The molecule has 0 spiro atoms. The van der Waals surface area contributed by atoms with Crippen LogP contribution in [0.4, 0.5) is 0 Å². The molecule has 5 atom stereocenters. The van der Waals surface area contributed by atoms with Gasteiger partial charge in [-0.05, 0) is 78.2 Å². The highest BCUT2D eigenvalue weighted by atomic mass is 16.5. The molecule has 4 fully saturated rings. The molecule has 4 aliphatic carbocycles. The summed E-state index contributed by atoms with van der Waals surface area (Å²) in [4.78, 5) is 17.8. The molecule has 8 heteroatoms. The van der Waals surface area contributed by atoms with Gasteiger partial charge in [-0.2, -0.15) is 0 Å². The first-order valence-corrected chi connectivity index (χ1v) is 19.4. The molecule has 4 N–H and O–H groups in total. The van der Waals surface area contributed by atoms with Crippen LogP contribution in [0.2, 0.25) is 0 Å². The predicted molar refractivity (Wildman–Crippen MR) is 200 cm³/mol. The fraction of sp³-hybridized carbons (Fsp3) is 0.488. The second-order valence-electron chi connectivity index (χ2n) is 16.4. The quantitative estimate of drug-likeness (QED) is 0.100. The van der Waals surface area contributed by atoms with E-state index < -0.39 is 0 Å². The number of carbonyl (C=O) groups excluding carboxylic acids is 1. The number of aromatic nitrogens is 2. The van der Waals surface area contributed by atoms with Gasteiger partial charge in [-0.1, -0.05) is 72.8 Å². The molecule has 0 amide bonds. The van der Waals surface area contributed by atoms with Gasteiger partial charge in [0.25, 0.3) is 0 Å². The van der Waals surface area contributed by atoms with Crippen molar-refractivity contribution in [1.82, 2.24) is 30.8 Å². The molecular weight excluding hydrogens is 633 g/mol. The Kier molecular flexibility index (Phi) is 9.04. The average molecular weight is 685 g/mol. The molecule has 5 aliphatic rings. The summed E-state index contributed by atoms with van der Waals surface area (Å²) in [5, 5.41) is 15.1. The lowest BCUT2D eigenvalue weighted by molar-refractivity contribution is 0.0303. The van der Waals surface area contributed by atoms with Crippen LogP contribution in [0.1, 0.15) is 88.9 Å². The smallest absolute Gasteiger partial charge is 0.338 e. The lowest BCUT2D eigenvalue weighted by Gasteiger charge is -2.18. The summed E-state index contributed by atoms with van der Waals surface area (Å²) < 4.78 is 8.21. The molecule has 0 bridgehead atoms. The Morgan fingerprint density at radius 2 is 1.29 bits per heavy atom. The fourth-order valence-corrected chi connectivity index (χ4v) is 8.30. The van der Waals surface area contributed by atoms with Crippen LogP contribution in [-0.4, -0.2) is 59.9 Å². The zero-order valence-electron chi connectivity index (χ0n) is 29.7. The van der Waals surface area contributed by atoms with E-state index in [1.54, 1.807) is 0 Å². The molecule has 0 radical (unpaired) electrons. The fourth-order valence-electron chi connectivity index (χ4n) is 8.30. The molecule has 2 heterocycles. The summed E-state index contributed by atoms with van der Waals surface area (Å²) in [6.07, 6.45) is 10.1. The molecule has 1 aromatic heterocycles. The summed E-state index contributed by atoms with van der Waals surface area (Å²) in [5.74, 6) is 2.10. The minimum atomic E-state index is -0.254. The number of imidazole rings is 1. The number of hydrogen-bond acceptors (Lipinski definition) is 7. The van der Waals surface area contributed by atoms with Crippen LogP contribution in [0.3, 0.4) is 0 Å². The van der Waals surface area contributed by atoms with Crippen LogP contribution in [0.25, 0.3) is 0 Å². The van der Waals surface area contributed by atoms with Crippen molar-refractivity contribution in [2.45, 2.75) is 94.6 Å². The Morgan fingerprint density at radius 3 is 1.86 bits per heavy atom. The van der Waals surface area contributed by atoms with Gasteiger partial charge in [0.15, 0.2) is 0 Å². The topological polar surface area (TPSA) is 92.2 Å². The number of rotatable bonds is 18. The molecule has 2 unspecified atom stereocenters. The van der Waals surface area contributed by atoms with E-state index >= 15 is 0 Å². The maximum atomic E-state index is 13.1. The normalized spacial score (nSPS) is 26.0. The number of fused-ring (bicyclic) bond motifs is 1. The van der Waals surface area contributed by atoms with Crippen LogP contribution in [0.5, 0.6) is 0 Å². The second-order valence-corrected chi connectivity index (χ2v) is 16.4. The van der Waals surface area contributed by atoms with Gasteiger partial charge in [0.1, 0.15) is 11.9 Å². The van der Waals surface area contributed by atoms with Crippen molar-refractivity contribution in [2.24, 2.45) is 10.8 Å². The molecule has 51 heavy (non-hydrogen) atoms. The van der Waals surface area contributed by atoms with E-state index in [2.05, 4.69) is 91.5 Å². The average Bonchev–Trinajstić information content (AvgIpc) is 4.02. The molecule has 0 saturated heterocycles. The zero-order chi connectivity index (χ0) is 34.3. The second kappa shape index (κ2) is 14.0. The van der Waals surface area contributed by atoms with Crippen molar-refractivity contribution in [3.63, 3.8) is 0 Å². The third-order valence-corrected chi connectivity index (χ3v) is 12.3. The number of ether oxygens (including phenoxy) is 1. The highest BCUT2D eigenvalue weighted by molar-refractivity contribution is 5.89. The largest absolute Gasteiger partial charge is 0.456 e. The van der Waals surface area contributed by atoms with E-state index in [0.717, 1.165) is 45.1 Å². The van der Waals surface area contributed by atoms with E-state index in [4.69, 9.17) is 4.74 Å². The lowest BCUT2D eigenvalue weighted by Crippen LogP contribution is -2.34. The molecule has 3 aromatic carbocycles. The molecule has 9 rings (SSSR count). The Bertz CT molecular complexity index is 1800. The van der Waals surface area contributed by atoms with E-state index in [1.165, 1.54) is 60.9 Å². The third-order valence-electron chi connectivity index (χ3n) is 12.3. The standard InChI is InChI=1S/C43H52N6O2/c50-41(33-13-11-30(12-14-33)22-44-26-42(15-16-42)28-47-38-20-36(38)31-7-3-1-4-8-31)51-35-19-40-46-24-34(49(40)25-35)23-45-27-43(17-18-43)29-48-39-21-37(39)32-9-5-2-6-10-32/h1-14,24,35-39,44-45,47-48H,15-23,25-29H2/t35?,36-,37-,38?,39+/m1/s1. The third kappa shape index (κ3) is 7.85. The number of carbonyl (C=O) groups is 1. The monoisotopic (exact) mass is 684 g/mol. The van der Waals surface area contributed by atoms with Crippen LogP contribution < -0.4 is 21.3 Å². The van der Waals surface area contributed by atoms with Crippen LogP contribution in [-0.2, 0) is 30.8 Å². The number of hydrogen-bond donors (Lipinski definition) is 4. The lowest BCUT2D eigenvalue weighted by atomic mass is 10.1. The highest BCUT2D eigenvalue weighted by Crippen LogP contribution is 2.48. The van der Waals surface area contributed by atoms with Crippen LogP contribution in [0, 0.1) is 10.8 Å². The molecular formula is C43H52N6O2. The first-order chi connectivity index (χ1) is 25.0. The van der Waals surface area contributed by atoms with E-state index in [0.29, 0.717) is 53.3 Å². The van der Waals surface area contributed by atoms with E-state index in [1.807, 2.05) is 30.5 Å².